The predicted molar refractivity (Wildman–Crippen MR) is 135 cm³/mol. The zero-order valence-electron chi connectivity index (χ0n) is 20.8. The molecule has 2 heterocycles. The van der Waals surface area contributed by atoms with Crippen molar-refractivity contribution in [3.63, 3.8) is 0 Å². The van der Waals surface area contributed by atoms with Gasteiger partial charge in [-0.05, 0) is 76.4 Å². The third-order valence-electron chi connectivity index (χ3n) is 5.92. The van der Waals surface area contributed by atoms with Gasteiger partial charge >= 0.3 is 6.09 Å². The number of nitriles is 1. The second-order valence-electron chi connectivity index (χ2n) is 9.80. The SMILES string of the molecule is CC(C)(C)OC(=O)N1CCCCC(n2nc(-c3ccc(Oc4ccccc4)cc3)c(C#N)c2C=O)C1. The lowest BCUT2D eigenvalue weighted by molar-refractivity contribution is 0.0234. The van der Waals surface area contributed by atoms with Crippen molar-refractivity contribution in [1.29, 1.82) is 5.26 Å². The molecule has 3 aromatic rings. The Balaban J connectivity index is 1.62. The minimum atomic E-state index is -0.601. The van der Waals surface area contributed by atoms with Gasteiger partial charge in [-0.2, -0.15) is 10.4 Å². The van der Waals surface area contributed by atoms with Crippen LogP contribution in [0.2, 0.25) is 0 Å². The number of likely N-dealkylation sites (tertiary alicyclic amines) is 1. The first-order chi connectivity index (χ1) is 17.3. The van der Waals surface area contributed by atoms with Gasteiger partial charge in [0.2, 0.25) is 0 Å². The fraction of sp³-hybridized carbons (Fsp3) is 0.357. The third kappa shape index (κ3) is 5.74. The third-order valence-corrected chi connectivity index (χ3v) is 5.92. The quantitative estimate of drug-likeness (QED) is 0.411. The van der Waals surface area contributed by atoms with Crippen molar-refractivity contribution in [1.82, 2.24) is 14.7 Å². The first-order valence-corrected chi connectivity index (χ1v) is 12.1. The largest absolute Gasteiger partial charge is 0.457 e. The number of amides is 1. The van der Waals surface area contributed by atoms with Gasteiger partial charge in [-0.15, -0.1) is 0 Å². The standard InChI is InChI=1S/C28H30N4O4/c1-28(2,3)36-27(34)31-16-8-7-9-21(18-31)32-25(19-33)24(17-29)26(30-32)20-12-14-23(15-13-20)35-22-10-5-4-6-11-22/h4-6,10-15,19,21H,7-9,16,18H2,1-3H3. The summed E-state index contributed by atoms with van der Waals surface area (Å²) in [5.41, 5.74) is 0.962. The van der Waals surface area contributed by atoms with Crippen molar-refractivity contribution in [2.75, 3.05) is 13.1 Å². The number of carbonyl (C=O) groups excluding carboxylic acids is 2. The minimum absolute atomic E-state index is 0.216. The van der Waals surface area contributed by atoms with E-state index in [9.17, 15) is 14.9 Å². The molecular formula is C28H30N4O4. The molecule has 0 N–H and O–H groups in total. The van der Waals surface area contributed by atoms with Crippen molar-refractivity contribution in [2.45, 2.75) is 51.7 Å². The smallest absolute Gasteiger partial charge is 0.410 e. The number of hydrogen-bond donors (Lipinski definition) is 0. The van der Waals surface area contributed by atoms with Crippen LogP contribution in [0.5, 0.6) is 11.5 Å². The number of rotatable bonds is 5. The van der Waals surface area contributed by atoms with Gasteiger partial charge in [-0.3, -0.25) is 9.48 Å². The molecule has 2 aromatic carbocycles. The Labute approximate surface area is 211 Å². The number of benzene rings is 2. The highest BCUT2D eigenvalue weighted by atomic mass is 16.6. The number of para-hydroxylation sites is 1. The lowest BCUT2D eigenvalue weighted by Gasteiger charge is -2.28. The summed E-state index contributed by atoms with van der Waals surface area (Å²) in [4.78, 5) is 26.5. The minimum Gasteiger partial charge on any atom is -0.457 e. The first kappa shape index (κ1) is 25.0. The Morgan fingerprint density at radius 3 is 2.42 bits per heavy atom. The van der Waals surface area contributed by atoms with Crippen LogP contribution in [0.3, 0.4) is 0 Å². The molecule has 1 fully saturated rings. The summed E-state index contributed by atoms with van der Waals surface area (Å²) < 4.78 is 13.0. The van der Waals surface area contributed by atoms with Crippen LogP contribution >= 0.6 is 0 Å². The zero-order valence-corrected chi connectivity index (χ0v) is 20.8. The molecule has 0 radical (unpaired) electrons. The maximum atomic E-state index is 12.8. The molecule has 1 unspecified atom stereocenters. The van der Waals surface area contributed by atoms with Gasteiger partial charge in [0.15, 0.2) is 6.29 Å². The number of aromatic nitrogens is 2. The molecule has 186 valence electrons. The number of hydrogen-bond acceptors (Lipinski definition) is 6. The van der Waals surface area contributed by atoms with Gasteiger partial charge in [0.05, 0.1) is 6.04 Å². The molecule has 8 heteroatoms. The number of aldehydes is 1. The van der Waals surface area contributed by atoms with E-state index in [1.807, 2.05) is 63.2 Å². The summed E-state index contributed by atoms with van der Waals surface area (Å²) in [5, 5.41) is 14.6. The van der Waals surface area contributed by atoms with Crippen molar-refractivity contribution in [2.24, 2.45) is 0 Å². The molecule has 0 saturated carbocycles. The van der Waals surface area contributed by atoms with E-state index in [2.05, 4.69) is 6.07 Å². The highest BCUT2D eigenvalue weighted by Crippen LogP contribution is 2.31. The van der Waals surface area contributed by atoms with Crippen LogP contribution in [0.4, 0.5) is 4.79 Å². The molecule has 0 bridgehead atoms. The topological polar surface area (TPSA) is 97.4 Å². The molecule has 1 saturated heterocycles. The van der Waals surface area contributed by atoms with E-state index in [1.54, 1.807) is 21.7 Å². The molecule has 0 aliphatic carbocycles. The Hall–Kier alpha value is -4.12. The molecule has 0 spiro atoms. The van der Waals surface area contributed by atoms with Gasteiger partial charge in [0.25, 0.3) is 0 Å². The lowest BCUT2D eigenvalue weighted by Crippen LogP contribution is -2.39. The average Bonchev–Trinajstić information content (AvgIpc) is 3.04. The molecule has 1 amide bonds. The number of carbonyl (C=O) groups is 2. The maximum Gasteiger partial charge on any atom is 0.410 e. The van der Waals surface area contributed by atoms with E-state index < -0.39 is 5.60 Å². The highest BCUT2D eigenvalue weighted by molar-refractivity contribution is 5.83. The van der Waals surface area contributed by atoms with Crippen molar-refractivity contribution >= 4 is 12.4 Å². The van der Waals surface area contributed by atoms with Crippen LogP contribution in [-0.2, 0) is 4.74 Å². The van der Waals surface area contributed by atoms with Crippen molar-refractivity contribution < 1.29 is 19.1 Å². The molecule has 1 aliphatic heterocycles. The highest BCUT2D eigenvalue weighted by Gasteiger charge is 2.30. The molecule has 8 nitrogen and oxygen atoms in total. The second kappa shape index (κ2) is 10.6. The maximum absolute atomic E-state index is 12.8. The molecule has 1 aliphatic rings. The van der Waals surface area contributed by atoms with Crippen LogP contribution in [0.1, 0.15) is 62.1 Å². The van der Waals surface area contributed by atoms with Crippen molar-refractivity contribution in [3.8, 4) is 28.8 Å². The number of nitrogens with zero attached hydrogens (tertiary/aromatic N) is 4. The lowest BCUT2D eigenvalue weighted by atomic mass is 10.1. The van der Waals surface area contributed by atoms with Gasteiger partial charge in [0, 0.05) is 18.7 Å². The summed E-state index contributed by atoms with van der Waals surface area (Å²) in [6.45, 7) is 6.43. The Morgan fingerprint density at radius 1 is 1.08 bits per heavy atom. The first-order valence-electron chi connectivity index (χ1n) is 12.1. The van der Waals surface area contributed by atoms with E-state index in [4.69, 9.17) is 14.6 Å². The van der Waals surface area contributed by atoms with Gasteiger partial charge in [0.1, 0.15) is 40.1 Å². The Bertz CT molecular complexity index is 1250. The monoisotopic (exact) mass is 486 g/mol. The second-order valence-corrected chi connectivity index (χ2v) is 9.80. The van der Waals surface area contributed by atoms with Gasteiger partial charge < -0.3 is 14.4 Å². The summed E-state index contributed by atoms with van der Waals surface area (Å²) in [6, 6.07) is 18.6. The average molecular weight is 487 g/mol. The predicted octanol–water partition coefficient (Wildman–Crippen LogP) is 5.99. The van der Waals surface area contributed by atoms with Crippen LogP contribution in [0.25, 0.3) is 11.3 Å². The molecule has 4 rings (SSSR count). The summed E-state index contributed by atoms with van der Waals surface area (Å²) in [6.07, 6.45) is 2.71. The normalized spacial score (nSPS) is 16.1. The Kier molecular flexibility index (Phi) is 7.39. The molecule has 1 atom stereocenters. The van der Waals surface area contributed by atoms with E-state index >= 15 is 0 Å². The van der Waals surface area contributed by atoms with Crippen LogP contribution in [-0.4, -0.2) is 45.8 Å². The van der Waals surface area contributed by atoms with Crippen LogP contribution in [0.15, 0.2) is 54.6 Å². The summed E-state index contributed by atoms with van der Waals surface area (Å²) >= 11 is 0. The zero-order chi connectivity index (χ0) is 25.7. The van der Waals surface area contributed by atoms with Crippen molar-refractivity contribution in [3.05, 3.63) is 65.9 Å². The summed E-state index contributed by atoms with van der Waals surface area (Å²) in [7, 11) is 0. The summed E-state index contributed by atoms with van der Waals surface area (Å²) in [5.74, 6) is 1.37. The van der Waals surface area contributed by atoms with Gasteiger partial charge in [-0.1, -0.05) is 18.2 Å². The molecule has 36 heavy (non-hydrogen) atoms. The molecular weight excluding hydrogens is 456 g/mol. The fourth-order valence-electron chi connectivity index (χ4n) is 4.27. The van der Waals surface area contributed by atoms with Crippen LogP contribution < -0.4 is 4.74 Å². The van der Waals surface area contributed by atoms with Gasteiger partial charge in [-0.25, -0.2) is 4.79 Å². The fourth-order valence-corrected chi connectivity index (χ4v) is 4.27. The van der Waals surface area contributed by atoms with E-state index in [0.29, 0.717) is 36.4 Å². The van der Waals surface area contributed by atoms with E-state index in [0.717, 1.165) is 25.0 Å². The molecule has 1 aromatic heterocycles. The van der Waals surface area contributed by atoms with Crippen LogP contribution in [0, 0.1) is 11.3 Å². The van der Waals surface area contributed by atoms with E-state index in [-0.39, 0.29) is 23.4 Å². The van der Waals surface area contributed by atoms with E-state index in [1.165, 1.54) is 0 Å². The Morgan fingerprint density at radius 2 is 1.78 bits per heavy atom. The number of ether oxygens (including phenoxy) is 2.